The van der Waals surface area contributed by atoms with Crippen molar-refractivity contribution in [2.75, 3.05) is 7.05 Å². The highest BCUT2D eigenvalue weighted by molar-refractivity contribution is 7.15. The molecule has 0 radical (unpaired) electrons. The van der Waals surface area contributed by atoms with Crippen molar-refractivity contribution in [3.05, 3.63) is 58.7 Å². The molecular weight excluding hydrogens is 384 g/mol. The molecule has 3 aromatic heterocycles. The van der Waals surface area contributed by atoms with Crippen molar-refractivity contribution in [2.24, 2.45) is 0 Å². The average Bonchev–Trinajstić information content (AvgIpc) is 3.36. The quantitative estimate of drug-likeness (QED) is 0.513. The standard InChI is InChI=1S/C18H17ClN6OS/c1-3-24-11-20-22-16(24)9-23(2)17(26)15-10-27-18-21-14(8-25(15)18)12-6-4-5-7-13(12)19/h4-8,10-11H,3,9H2,1-2H3. The van der Waals surface area contributed by atoms with Gasteiger partial charge in [-0.05, 0) is 13.0 Å². The minimum absolute atomic E-state index is 0.102. The third kappa shape index (κ3) is 3.22. The Labute approximate surface area is 164 Å². The summed E-state index contributed by atoms with van der Waals surface area (Å²) in [6.07, 6.45) is 3.52. The fourth-order valence-electron chi connectivity index (χ4n) is 2.88. The van der Waals surface area contributed by atoms with Gasteiger partial charge >= 0.3 is 0 Å². The van der Waals surface area contributed by atoms with E-state index in [0.29, 0.717) is 17.3 Å². The van der Waals surface area contributed by atoms with Gasteiger partial charge in [-0.25, -0.2) is 4.98 Å². The zero-order chi connectivity index (χ0) is 19.0. The second kappa shape index (κ2) is 7.13. The van der Waals surface area contributed by atoms with Crippen molar-refractivity contribution < 1.29 is 4.79 Å². The largest absolute Gasteiger partial charge is 0.333 e. The molecule has 7 nitrogen and oxygen atoms in total. The van der Waals surface area contributed by atoms with Gasteiger partial charge in [0.15, 0.2) is 10.8 Å². The third-order valence-corrected chi connectivity index (χ3v) is 5.51. The van der Waals surface area contributed by atoms with Gasteiger partial charge in [0, 0.05) is 30.7 Å². The van der Waals surface area contributed by atoms with E-state index in [-0.39, 0.29) is 5.91 Å². The minimum atomic E-state index is -0.102. The maximum absolute atomic E-state index is 13.0. The zero-order valence-corrected chi connectivity index (χ0v) is 16.4. The zero-order valence-electron chi connectivity index (χ0n) is 14.8. The van der Waals surface area contributed by atoms with E-state index < -0.39 is 0 Å². The van der Waals surface area contributed by atoms with Gasteiger partial charge in [0.05, 0.1) is 17.3 Å². The molecule has 1 amide bonds. The number of halogens is 1. The molecule has 27 heavy (non-hydrogen) atoms. The molecule has 0 aliphatic heterocycles. The van der Waals surface area contributed by atoms with Crippen LogP contribution in [0.2, 0.25) is 5.02 Å². The number of thiazole rings is 1. The van der Waals surface area contributed by atoms with Crippen LogP contribution in [0.5, 0.6) is 0 Å². The highest BCUT2D eigenvalue weighted by Crippen LogP contribution is 2.29. The number of carbonyl (C=O) groups is 1. The highest BCUT2D eigenvalue weighted by atomic mass is 35.5. The summed E-state index contributed by atoms with van der Waals surface area (Å²) in [6.45, 7) is 3.16. The molecular formula is C18H17ClN6OS. The Balaban J connectivity index is 1.63. The smallest absolute Gasteiger partial charge is 0.271 e. The molecule has 0 saturated heterocycles. The SMILES string of the molecule is CCn1cnnc1CN(C)C(=O)c1csc2nc(-c3ccccc3Cl)cn12. The lowest BCUT2D eigenvalue weighted by Gasteiger charge is -2.16. The summed E-state index contributed by atoms with van der Waals surface area (Å²) in [5, 5.41) is 10.5. The van der Waals surface area contributed by atoms with Crippen LogP contribution in [-0.2, 0) is 13.1 Å². The Kier molecular flexibility index (Phi) is 4.67. The number of aromatic nitrogens is 5. The lowest BCUT2D eigenvalue weighted by Crippen LogP contribution is -2.28. The summed E-state index contributed by atoms with van der Waals surface area (Å²) < 4.78 is 3.73. The predicted octanol–water partition coefficient (Wildman–Crippen LogP) is 3.60. The summed E-state index contributed by atoms with van der Waals surface area (Å²) in [6, 6.07) is 7.54. The lowest BCUT2D eigenvalue weighted by molar-refractivity contribution is 0.0773. The maximum atomic E-state index is 13.0. The predicted molar refractivity (Wildman–Crippen MR) is 105 cm³/mol. The molecule has 4 aromatic rings. The van der Waals surface area contributed by atoms with Gasteiger partial charge in [-0.15, -0.1) is 21.5 Å². The van der Waals surface area contributed by atoms with E-state index in [0.717, 1.165) is 28.6 Å². The van der Waals surface area contributed by atoms with Gasteiger partial charge in [-0.3, -0.25) is 9.20 Å². The summed E-state index contributed by atoms with van der Waals surface area (Å²) in [4.78, 5) is 19.9. The minimum Gasteiger partial charge on any atom is -0.333 e. The first-order chi connectivity index (χ1) is 13.1. The Morgan fingerprint density at radius 2 is 2.15 bits per heavy atom. The molecule has 0 fully saturated rings. The van der Waals surface area contributed by atoms with Gasteiger partial charge in [0.2, 0.25) is 0 Å². The molecule has 0 bridgehead atoms. The van der Waals surface area contributed by atoms with Crippen LogP contribution in [0, 0.1) is 0 Å². The number of amides is 1. The van der Waals surface area contributed by atoms with Crippen LogP contribution in [0.4, 0.5) is 0 Å². The van der Waals surface area contributed by atoms with Crippen molar-refractivity contribution in [3.8, 4) is 11.3 Å². The van der Waals surface area contributed by atoms with Gasteiger partial charge < -0.3 is 9.47 Å². The van der Waals surface area contributed by atoms with Crippen LogP contribution in [-0.4, -0.2) is 42.0 Å². The van der Waals surface area contributed by atoms with Gasteiger partial charge in [-0.2, -0.15) is 0 Å². The van der Waals surface area contributed by atoms with E-state index in [1.807, 2.05) is 51.7 Å². The number of nitrogens with zero attached hydrogens (tertiary/aromatic N) is 6. The number of imidazole rings is 1. The van der Waals surface area contributed by atoms with E-state index in [1.54, 1.807) is 18.3 Å². The van der Waals surface area contributed by atoms with Gasteiger partial charge in [0.1, 0.15) is 12.0 Å². The van der Waals surface area contributed by atoms with Crippen LogP contribution in [0.3, 0.4) is 0 Å². The van der Waals surface area contributed by atoms with E-state index in [4.69, 9.17) is 11.6 Å². The molecule has 0 aliphatic carbocycles. The molecule has 9 heteroatoms. The highest BCUT2D eigenvalue weighted by Gasteiger charge is 2.20. The number of hydrogen-bond acceptors (Lipinski definition) is 5. The molecule has 0 spiro atoms. The average molecular weight is 401 g/mol. The Morgan fingerprint density at radius 3 is 2.93 bits per heavy atom. The number of aryl methyl sites for hydroxylation is 1. The molecule has 4 rings (SSSR count). The first kappa shape index (κ1) is 17.7. The van der Waals surface area contributed by atoms with E-state index in [2.05, 4.69) is 15.2 Å². The van der Waals surface area contributed by atoms with E-state index >= 15 is 0 Å². The topological polar surface area (TPSA) is 68.3 Å². The van der Waals surface area contributed by atoms with Crippen LogP contribution in [0.15, 0.2) is 42.2 Å². The first-order valence-corrected chi connectivity index (χ1v) is 9.68. The van der Waals surface area contributed by atoms with E-state index in [1.165, 1.54) is 11.3 Å². The second-order valence-electron chi connectivity index (χ2n) is 6.07. The third-order valence-electron chi connectivity index (χ3n) is 4.34. The van der Waals surface area contributed by atoms with Crippen LogP contribution < -0.4 is 0 Å². The fourth-order valence-corrected chi connectivity index (χ4v) is 3.96. The van der Waals surface area contributed by atoms with E-state index in [9.17, 15) is 4.79 Å². The van der Waals surface area contributed by atoms with Crippen LogP contribution >= 0.6 is 22.9 Å². The number of fused-ring (bicyclic) bond motifs is 1. The molecule has 0 atom stereocenters. The summed E-state index contributed by atoms with van der Waals surface area (Å²) in [7, 11) is 1.76. The first-order valence-electron chi connectivity index (χ1n) is 8.42. The number of benzene rings is 1. The Hall–Kier alpha value is -2.71. The normalized spacial score (nSPS) is 11.2. The van der Waals surface area contributed by atoms with Crippen molar-refractivity contribution >= 4 is 33.8 Å². The number of rotatable bonds is 5. The molecule has 0 saturated carbocycles. The number of hydrogen-bond donors (Lipinski definition) is 0. The van der Waals surface area contributed by atoms with Crippen LogP contribution in [0.1, 0.15) is 23.2 Å². The van der Waals surface area contributed by atoms with Crippen molar-refractivity contribution in [2.45, 2.75) is 20.0 Å². The fraction of sp³-hybridized carbons (Fsp3) is 0.222. The summed E-state index contributed by atoms with van der Waals surface area (Å²) >= 11 is 7.70. The molecule has 0 unspecified atom stereocenters. The molecule has 1 aromatic carbocycles. The molecule has 0 N–H and O–H groups in total. The van der Waals surface area contributed by atoms with Crippen molar-refractivity contribution in [1.82, 2.24) is 29.0 Å². The molecule has 0 aliphatic rings. The second-order valence-corrected chi connectivity index (χ2v) is 7.32. The Morgan fingerprint density at radius 1 is 1.33 bits per heavy atom. The monoisotopic (exact) mass is 400 g/mol. The summed E-state index contributed by atoms with van der Waals surface area (Å²) in [5.74, 6) is 0.650. The van der Waals surface area contributed by atoms with Gasteiger partial charge in [0.25, 0.3) is 5.91 Å². The summed E-state index contributed by atoms with van der Waals surface area (Å²) in [5.41, 5.74) is 2.15. The van der Waals surface area contributed by atoms with Gasteiger partial charge in [-0.1, -0.05) is 29.8 Å². The van der Waals surface area contributed by atoms with Crippen molar-refractivity contribution in [3.63, 3.8) is 0 Å². The Bertz CT molecular complexity index is 1110. The molecule has 3 heterocycles. The maximum Gasteiger partial charge on any atom is 0.271 e. The number of carbonyl (C=O) groups excluding carboxylic acids is 1. The lowest BCUT2D eigenvalue weighted by atomic mass is 10.2. The molecule has 138 valence electrons. The van der Waals surface area contributed by atoms with Crippen molar-refractivity contribution in [1.29, 1.82) is 0 Å². The van der Waals surface area contributed by atoms with Crippen LogP contribution in [0.25, 0.3) is 16.2 Å².